The van der Waals surface area contributed by atoms with Crippen molar-refractivity contribution >= 4 is 59.3 Å². The standard InChI is InChI=1S/C28H35N5O2S.2ClH/c1-7-33-23-11-10-22(15-24(23)31(6)26(34)28(4,5)27(33)35)17-32(14-12-21-9-8-13-29-16-21)18-25-19(2)30-20(3)36-25;;/h8-11,13,15-16H,7,12,14,17-18H2,1-6H3;2*1H. The molecule has 0 N–H and O–H groups in total. The van der Waals surface area contributed by atoms with Crippen LogP contribution in [-0.4, -0.2) is 46.8 Å². The smallest absolute Gasteiger partial charge is 0.242 e. The van der Waals surface area contributed by atoms with Gasteiger partial charge in [-0.15, -0.1) is 36.2 Å². The minimum Gasteiger partial charge on any atom is -0.313 e. The van der Waals surface area contributed by atoms with Gasteiger partial charge in [-0.3, -0.25) is 19.5 Å². The number of amides is 2. The molecular weight excluding hydrogens is 541 g/mol. The van der Waals surface area contributed by atoms with Crippen LogP contribution in [0.1, 0.15) is 47.5 Å². The summed E-state index contributed by atoms with van der Waals surface area (Å²) in [4.78, 5) is 42.4. The predicted molar refractivity (Wildman–Crippen MR) is 160 cm³/mol. The number of rotatable bonds is 8. The van der Waals surface area contributed by atoms with E-state index in [4.69, 9.17) is 0 Å². The SMILES string of the molecule is CCN1C(=O)C(C)(C)C(=O)N(C)c2cc(CN(CCc3cccnc3)Cc3sc(C)nc3C)ccc21.Cl.Cl. The van der Waals surface area contributed by atoms with Gasteiger partial charge in [-0.25, -0.2) is 4.98 Å². The van der Waals surface area contributed by atoms with E-state index < -0.39 is 5.41 Å². The highest BCUT2D eigenvalue weighted by Crippen LogP contribution is 2.39. The molecule has 0 saturated carbocycles. The number of thiazole rings is 1. The van der Waals surface area contributed by atoms with E-state index in [9.17, 15) is 9.59 Å². The number of carbonyl (C=O) groups excluding carboxylic acids is 2. The van der Waals surface area contributed by atoms with Gasteiger partial charge in [0.15, 0.2) is 0 Å². The molecule has 0 bridgehead atoms. The van der Waals surface area contributed by atoms with Gasteiger partial charge >= 0.3 is 0 Å². The molecule has 0 radical (unpaired) electrons. The summed E-state index contributed by atoms with van der Waals surface area (Å²) in [6, 6.07) is 10.2. The lowest BCUT2D eigenvalue weighted by Gasteiger charge is -2.27. The molecule has 38 heavy (non-hydrogen) atoms. The molecule has 3 aromatic rings. The second-order valence-electron chi connectivity index (χ2n) is 9.93. The Kier molecular flexibility index (Phi) is 10.9. The Balaban J connectivity index is 0.00000253. The van der Waals surface area contributed by atoms with Crippen LogP contribution in [0.2, 0.25) is 0 Å². The molecule has 1 aromatic carbocycles. The first-order valence-electron chi connectivity index (χ1n) is 12.4. The van der Waals surface area contributed by atoms with E-state index >= 15 is 0 Å². The number of halogens is 2. The Morgan fingerprint density at radius 1 is 1.00 bits per heavy atom. The van der Waals surface area contributed by atoms with Gasteiger partial charge in [0.2, 0.25) is 11.8 Å². The fourth-order valence-corrected chi connectivity index (χ4v) is 5.75. The number of fused-ring (bicyclic) bond motifs is 1. The zero-order chi connectivity index (χ0) is 26.0. The van der Waals surface area contributed by atoms with Gasteiger partial charge in [-0.1, -0.05) is 12.1 Å². The van der Waals surface area contributed by atoms with E-state index in [1.165, 1.54) is 10.4 Å². The highest BCUT2D eigenvalue weighted by Gasteiger charge is 2.45. The Morgan fingerprint density at radius 3 is 2.34 bits per heavy atom. The van der Waals surface area contributed by atoms with Crippen molar-refractivity contribution in [3.63, 3.8) is 0 Å². The number of hydrogen-bond acceptors (Lipinski definition) is 6. The Hall–Kier alpha value is -2.52. The number of hydrogen-bond donors (Lipinski definition) is 0. The minimum atomic E-state index is -1.11. The number of anilines is 2. The van der Waals surface area contributed by atoms with E-state index in [0.717, 1.165) is 53.7 Å². The third kappa shape index (κ3) is 6.54. The highest BCUT2D eigenvalue weighted by molar-refractivity contribution is 7.11. The van der Waals surface area contributed by atoms with Gasteiger partial charge in [0, 0.05) is 50.5 Å². The first-order chi connectivity index (χ1) is 17.1. The van der Waals surface area contributed by atoms with E-state index in [1.54, 1.807) is 48.2 Å². The average molecular weight is 579 g/mol. The maximum atomic E-state index is 13.2. The van der Waals surface area contributed by atoms with Crippen LogP contribution in [0.15, 0.2) is 42.7 Å². The van der Waals surface area contributed by atoms with Gasteiger partial charge in [-0.2, -0.15) is 0 Å². The van der Waals surface area contributed by atoms with E-state index in [-0.39, 0.29) is 36.6 Å². The maximum absolute atomic E-state index is 13.2. The van der Waals surface area contributed by atoms with Crippen LogP contribution < -0.4 is 9.80 Å². The molecule has 7 nitrogen and oxygen atoms in total. The monoisotopic (exact) mass is 577 g/mol. The summed E-state index contributed by atoms with van der Waals surface area (Å²) in [6.07, 6.45) is 4.60. The number of pyridine rings is 1. The lowest BCUT2D eigenvalue weighted by Crippen LogP contribution is -2.47. The summed E-state index contributed by atoms with van der Waals surface area (Å²) in [5, 5.41) is 1.08. The second kappa shape index (κ2) is 13.0. The molecular formula is C28H37Cl2N5O2S. The topological polar surface area (TPSA) is 69.6 Å². The Bertz CT molecular complexity index is 1270. The van der Waals surface area contributed by atoms with Crippen molar-refractivity contribution in [3.8, 4) is 0 Å². The molecule has 0 saturated heterocycles. The largest absolute Gasteiger partial charge is 0.313 e. The van der Waals surface area contributed by atoms with Crippen molar-refractivity contribution in [1.82, 2.24) is 14.9 Å². The van der Waals surface area contributed by atoms with Gasteiger partial charge < -0.3 is 9.80 Å². The Morgan fingerprint density at radius 2 is 1.74 bits per heavy atom. The molecule has 4 rings (SSSR count). The van der Waals surface area contributed by atoms with Crippen LogP contribution in [0.3, 0.4) is 0 Å². The van der Waals surface area contributed by atoms with Crippen molar-refractivity contribution in [2.45, 2.75) is 54.1 Å². The molecule has 2 aromatic heterocycles. The third-order valence-corrected chi connectivity index (χ3v) is 7.90. The molecule has 3 heterocycles. The van der Waals surface area contributed by atoms with Crippen LogP contribution >= 0.6 is 36.2 Å². The quantitative estimate of drug-likeness (QED) is 0.326. The normalized spacial score (nSPS) is 14.6. The number of carbonyl (C=O) groups is 2. The molecule has 206 valence electrons. The molecule has 0 atom stereocenters. The molecule has 1 aliphatic rings. The zero-order valence-electron chi connectivity index (χ0n) is 22.9. The minimum absolute atomic E-state index is 0. The summed E-state index contributed by atoms with van der Waals surface area (Å²) < 4.78 is 0. The summed E-state index contributed by atoms with van der Waals surface area (Å²) >= 11 is 1.74. The van der Waals surface area contributed by atoms with E-state index in [0.29, 0.717) is 6.54 Å². The second-order valence-corrected chi connectivity index (χ2v) is 11.2. The number of nitrogens with zero attached hydrogens (tertiary/aromatic N) is 5. The fourth-order valence-electron chi connectivity index (χ4n) is 4.77. The molecule has 2 amide bonds. The predicted octanol–water partition coefficient (Wildman–Crippen LogP) is 5.60. The van der Waals surface area contributed by atoms with Gasteiger partial charge in [-0.05, 0) is 70.4 Å². The van der Waals surface area contributed by atoms with Crippen LogP contribution in [0.25, 0.3) is 0 Å². The van der Waals surface area contributed by atoms with Crippen molar-refractivity contribution in [2.24, 2.45) is 5.41 Å². The van der Waals surface area contributed by atoms with Crippen LogP contribution in [0.4, 0.5) is 11.4 Å². The number of benzene rings is 1. The maximum Gasteiger partial charge on any atom is 0.242 e. The van der Waals surface area contributed by atoms with Crippen molar-refractivity contribution < 1.29 is 9.59 Å². The van der Waals surface area contributed by atoms with Crippen LogP contribution in [0, 0.1) is 19.3 Å². The van der Waals surface area contributed by atoms with E-state index in [1.807, 2.05) is 32.2 Å². The summed E-state index contributed by atoms with van der Waals surface area (Å²) in [6.45, 7) is 12.4. The summed E-state index contributed by atoms with van der Waals surface area (Å²) in [7, 11) is 1.77. The third-order valence-electron chi connectivity index (χ3n) is 6.84. The van der Waals surface area contributed by atoms with E-state index in [2.05, 4.69) is 40.0 Å². The first kappa shape index (κ1) is 31.7. The summed E-state index contributed by atoms with van der Waals surface area (Å²) in [5.41, 5.74) is 3.82. The van der Waals surface area contributed by atoms with Crippen LogP contribution in [-0.2, 0) is 29.1 Å². The van der Waals surface area contributed by atoms with Gasteiger partial charge in [0.05, 0.1) is 22.1 Å². The molecule has 0 fully saturated rings. The summed E-state index contributed by atoms with van der Waals surface area (Å²) in [5.74, 6) is -0.353. The molecule has 0 spiro atoms. The lowest BCUT2D eigenvalue weighted by atomic mass is 9.90. The van der Waals surface area contributed by atoms with Gasteiger partial charge in [0.25, 0.3) is 0 Å². The molecule has 10 heteroatoms. The van der Waals surface area contributed by atoms with Crippen LogP contribution in [0.5, 0.6) is 0 Å². The zero-order valence-corrected chi connectivity index (χ0v) is 25.3. The molecule has 0 aliphatic carbocycles. The molecule has 1 aliphatic heterocycles. The molecule has 0 unspecified atom stereocenters. The lowest BCUT2D eigenvalue weighted by molar-refractivity contribution is -0.137. The van der Waals surface area contributed by atoms with Gasteiger partial charge in [0.1, 0.15) is 5.41 Å². The van der Waals surface area contributed by atoms with Crippen molar-refractivity contribution in [2.75, 3.05) is 29.9 Å². The highest BCUT2D eigenvalue weighted by atomic mass is 35.5. The fraction of sp³-hybridized carbons (Fsp3) is 0.429. The van der Waals surface area contributed by atoms with Crippen molar-refractivity contribution in [1.29, 1.82) is 0 Å². The first-order valence-corrected chi connectivity index (χ1v) is 13.2. The van der Waals surface area contributed by atoms with Crippen molar-refractivity contribution in [3.05, 3.63) is 69.4 Å². The number of aromatic nitrogens is 2. The number of aryl methyl sites for hydroxylation is 2. The average Bonchev–Trinajstić information content (AvgIpc) is 3.16. The Labute approximate surface area is 242 Å².